The quantitative estimate of drug-likeness (QED) is 0.543. The van der Waals surface area contributed by atoms with Crippen molar-refractivity contribution in [2.45, 2.75) is 25.3 Å². The van der Waals surface area contributed by atoms with E-state index in [9.17, 15) is 31.1 Å². The number of pyridine rings is 1. The average Bonchev–Trinajstić information content (AvgIpc) is 3.21. The van der Waals surface area contributed by atoms with Gasteiger partial charge in [-0.25, -0.2) is 4.98 Å². The molecular formula is C20H16F6N4O2. The first-order valence-corrected chi connectivity index (χ1v) is 9.12. The van der Waals surface area contributed by atoms with Gasteiger partial charge in [-0.3, -0.25) is 14.3 Å². The third-order valence-electron chi connectivity index (χ3n) is 4.27. The van der Waals surface area contributed by atoms with E-state index in [2.05, 4.69) is 20.0 Å². The Labute approximate surface area is 177 Å². The monoisotopic (exact) mass is 458 g/mol. The Balaban J connectivity index is 1.75. The minimum Gasteiger partial charge on any atom is -0.483 e. The number of hydrogen-bond donors (Lipinski definition) is 1. The molecule has 12 heteroatoms. The van der Waals surface area contributed by atoms with Crippen LogP contribution in [0.2, 0.25) is 0 Å². The first kappa shape index (κ1) is 23.1. The van der Waals surface area contributed by atoms with E-state index in [-0.39, 0.29) is 17.3 Å². The number of benzene rings is 1. The number of para-hydroxylation sites is 1. The van der Waals surface area contributed by atoms with Crippen molar-refractivity contribution >= 4 is 5.91 Å². The Hall–Kier alpha value is -3.57. The van der Waals surface area contributed by atoms with Crippen LogP contribution in [0.15, 0.2) is 55.0 Å². The number of amides is 1. The van der Waals surface area contributed by atoms with E-state index in [1.54, 1.807) is 6.92 Å². The van der Waals surface area contributed by atoms with Crippen LogP contribution in [0.4, 0.5) is 26.3 Å². The van der Waals surface area contributed by atoms with E-state index in [1.165, 1.54) is 42.7 Å². The number of carbonyl (C=O) groups is 1. The molecule has 0 fully saturated rings. The SMILES string of the molecule is C[C@@H](NC(=O)c1nccn1-c1ccccc1C(F)(F)F)c1ccc(OCC(F)(F)F)cn1. The lowest BCUT2D eigenvalue weighted by Crippen LogP contribution is -2.30. The van der Waals surface area contributed by atoms with Gasteiger partial charge in [-0.05, 0) is 31.2 Å². The van der Waals surface area contributed by atoms with E-state index < -0.39 is 36.5 Å². The molecule has 3 aromatic rings. The first-order valence-electron chi connectivity index (χ1n) is 9.12. The zero-order valence-corrected chi connectivity index (χ0v) is 16.4. The molecule has 0 unspecified atom stereocenters. The third kappa shape index (κ3) is 5.56. The van der Waals surface area contributed by atoms with Crippen molar-refractivity contribution in [2.24, 2.45) is 0 Å². The molecule has 1 aromatic carbocycles. The predicted octanol–water partition coefficient (Wildman–Crippen LogP) is 4.72. The molecule has 170 valence electrons. The van der Waals surface area contributed by atoms with Crippen LogP contribution in [0.1, 0.15) is 34.8 Å². The van der Waals surface area contributed by atoms with E-state index in [1.807, 2.05) is 0 Å². The van der Waals surface area contributed by atoms with Gasteiger partial charge in [-0.2, -0.15) is 26.3 Å². The fraction of sp³-hybridized carbons (Fsp3) is 0.250. The first-order chi connectivity index (χ1) is 15.0. The zero-order valence-electron chi connectivity index (χ0n) is 16.4. The summed E-state index contributed by atoms with van der Waals surface area (Å²) >= 11 is 0. The number of nitrogens with zero attached hydrogens (tertiary/aromatic N) is 3. The van der Waals surface area contributed by atoms with Crippen LogP contribution >= 0.6 is 0 Å². The lowest BCUT2D eigenvalue weighted by atomic mass is 10.1. The average molecular weight is 458 g/mol. The van der Waals surface area contributed by atoms with Gasteiger partial charge in [-0.1, -0.05) is 12.1 Å². The third-order valence-corrected chi connectivity index (χ3v) is 4.27. The van der Waals surface area contributed by atoms with Crippen molar-refractivity contribution in [3.05, 3.63) is 72.1 Å². The number of nitrogens with one attached hydrogen (secondary N) is 1. The highest BCUT2D eigenvalue weighted by atomic mass is 19.4. The molecule has 1 amide bonds. The summed E-state index contributed by atoms with van der Waals surface area (Å²) in [5.41, 5.74) is -0.901. The molecule has 1 atom stereocenters. The van der Waals surface area contributed by atoms with Crippen molar-refractivity contribution in [1.82, 2.24) is 19.9 Å². The molecule has 0 saturated heterocycles. The van der Waals surface area contributed by atoms with Gasteiger partial charge in [0.2, 0.25) is 5.82 Å². The second-order valence-electron chi connectivity index (χ2n) is 6.65. The van der Waals surface area contributed by atoms with Gasteiger partial charge >= 0.3 is 12.4 Å². The normalized spacial score (nSPS) is 13.0. The molecule has 3 rings (SSSR count). The summed E-state index contributed by atoms with van der Waals surface area (Å²) < 4.78 is 82.2. The Kier molecular flexibility index (Phi) is 6.42. The molecule has 0 spiro atoms. The Morgan fingerprint density at radius 3 is 2.44 bits per heavy atom. The van der Waals surface area contributed by atoms with E-state index >= 15 is 0 Å². The molecule has 0 bridgehead atoms. The van der Waals surface area contributed by atoms with Gasteiger partial charge in [0.15, 0.2) is 6.61 Å². The summed E-state index contributed by atoms with van der Waals surface area (Å²) in [5.74, 6) is -1.15. The topological polar surface area (TPSA) is 69.0 Å². The summed E-state index contributed by atoms with van der Waals surface area (Å²) in [6.45, 7) is 0.0792. The number of hydrogen-bond acceptors (Lipinski definition) is 4. The van der Waals surface area contributed by atoms with Crippen LogP contribution in [0.25, 0.3) is 5.69 Å². The minimum atomic E-state index is -4.64. The Morgan fingerprint density at radius 1 is 1.09 bits per heavy atom. The maximum Gasteiger partial charge on any atom is 0.422 e. The van der Waals surface area contributed by atoms with Gasteiger partial charge in [0.25, 0.3) is 5.91 Å². The maximum atomic E-state index is 13.3. The largest absolute Gasteiger partial charge is 0.483 e. The second kappa shape index (κ2) is 8.89. The van der Waals surface area contributed by atoms with Gasteiger partial charge in [0.1, 0.15) is 5.75 Å². The summed E-state index contributed by atoms with van der Waals surface area (Å²) in [6, 6.07) is 6.65. The van der Waals surface area contributed by atoms with Gasteiger partial charge < -0.3 is 10.1 Å². The number of carbonyl (C=O) groups excluding carboxylic acids is 1. The molecule has 32 heavy (non-hydrogen) atoms. The number of rotatable bonds is 6. The smallest absolute Gasteiger partial charge is 0.422 e. The van der Waals surface area contributed by atoms with Gasteiger partial charge in [-0.15, -0.1) is 0 Å². The lowest BCUT2D eigenvalue weighted by Gasteiger charge is -2.17. The molecule has 0 aliphatic carbocycles. The zero-order chi connectivity index (χ0) is 23.5. The summed E-state index contributed by atoms with van der Waals surface area (Å²) in [7, 11) is 0. The van der Waals surface area contributed by atoms with Crippen LogP contribution in [-0.4, -0.2) is 33.2 Å². The van der Waals surface area contributed by atoms with Crippen molar-refractivity contribution in [1.29, 1.82) is 0 Å². The summed E-state index contributed by atoms with van der Waals surface area (Å²) in [4.78, 5) is 20.5. The Bertz CT molecular complexity index is 1080. The van der Waals surface area contributed by atoms with Crippen molar-refractivity contribution in [3.8, 4) is 11.4 Å². The van der Waals surface area contributed by atoms with Crippen molar-refractivity contribution < 1.29 is 35.9 Å². The van der Waals surface area contributed by atoms with Crippen LogP contribution in [0, 0.1) is 0 Å². The fourth-order valence-electron chi connectivity index (χ4n) is 2.82. The second-order valence-corrected chi connectivity index (χ2v) is 6.65. The predicted molar refractivity (Wildman–Crippen MR) is 100 cm³/mol. The maximum absolute atomic E-state index is 13.3. The molecule has 6 nitrogen and oxygen atoms in total. The molecule has 1 N–H and O–H groups in total. The van der Waals surface area contributed by atoms with Crippen LogP contribution in [0.5, 0.6) is 5.75 Å². The Morgan fingerprint density at radius 2 is 1.81 bits per heavy atom. The molecule has 0 aliphatic rings. The lowest BCUT2D eigenvalue weighted by molar-refractivity contribution is -0.153. The molecule has 0 radical (unpaired) electrons. The number of ether oxygens (including phenoxy) is 1. The van der Waals surface area contributed by atoms with Crippen molar-refractivity contribution in [2.75, 3.05) is 6.61 Å². The highest BCUT2D eigenvalue weighted by Crippen LogP contribution is 2.34. The number of halogens is 6. The number of alkyl halides is 6. The highest BCUT2D eigenvalue weighted by Gasteiger charge is 2.34. The number of imidazole rings is 1. The minimum absolute atomic E-state index is 0.107. The molecule has 2 aromatic heterocycles. The van der Waals surface area contributed by atoms with E-state index in [4.69, 9.17) is 0 Å². The standard InChI is InChI=1S/C20H16F6N4O2/c1-12(15-7-6-13(10-28-15)32-11-19(21,22)23)29-18(31)17-27-8-9-30(17)16-5-3-2-4-14(16)20(24,25)26/h2-10,12H,11H2,1H3,(H,29,31)/t12-/m1/s1. The fourth-order valence-corrected chi connectivity index (χ4v) is 2.82. The molecule has 0 saturated carbocycles. The van der Waals surface area contributed by atoms with Gasteiger partial charge in [0, 0.05) is 12.4 Å². The summed E-state index contributed by atoms with van der Waals surface area (Å²) in [6.07, 6.45) is -5.63. The van der Waals surface area contributed by atoms with E-state index in [0.717, 1.165) is 16.8 Å². The van der Waals surface area contributed by atoms with Gasteiger partial charge in [0.05, 0.1) is 29.2 Å². The van der Waals surface area contributed by atoms with Crippen LogP contribution in [-0.2, 0) is 6.18 Å². The van der Waals surface area contributed by atoms with Crippen molar-refractivity contribution in [3.63, 3.8) is 0 Å². The summed E-state index contributed by atoms with van der Waals surface area (Å²) in [5, 5.41) is 2.56. The number of aromatic nitrogens is 3. The molecular weight excluding hydrogens is 442 g/mol. The van der Waals surface area contributed by atoms with Crippen LogP contribution in [0.3, 0.4) is 0 Å². The molecule has 2 heterocycles. The highest BCUT2D eigenvalue weighted by molar-refractivity contribution is 5.91. The molecule has 0 aliphatic heterocycles. The van der Waals surface area contributed by atoms with E-state index in [0.29, 0.717) is 5.69 Å². The van der Waals surface area contributed by atoms with Crippen LogP contribution < -0.4 is 10.1 Å².